The number of amides is 1. The number of ether oxygens (including phenoxy) is 2. The van der Waals surface area contributed by atoms with Gasteiger partial charge in [0.1, 0.15) is 11.7 Å². The Morgan fingerprint density at radius 2 is 1.66 bits per heavy atom. The minimum Gasteiger partial charge on any atom is -0.462 e. The second-order valence-electron chi connectivity index (χ2n) is 13.5. The summed E-state index contributed by atoms with van der Waals surface area (Å²) in [6.07, 6.45) is 6.81. The van der Waals surface area contributed by atoms with Crippen molar-refractivity contribution in [3.63, 3.8) is 0 Å². The number of fused-ring (bicyclic) bond motifs is 5. The SMILES string of the molecule is CC(C)(C)OC(=O)N1CC(C(=O)O[C@H]2CC[C@@]3(C)C(C2)C(=O)C(=O)[C@H]2[C@@H]4CCC[C@@]4(C)CC[C@@H]23)C1. The molecule has 0 aromatic carbocycles. The van der Waals surface area contributed by atoms with Crippen molar-refractivity contribution in [1.29, 1.82) is 0 Å². The lowest BCUT2D eigenvalue weighted by atomic mass is 9.44. The molecule has 0 aromatic rings. The van der Waals surface area contributed by atoms with Crippen LogP contribution >= 0.6 is 0 Å². The quantitative estimate of drug-likeness (QED) is 0.419. The molecule has 0 bridgehead atoms. The maximum absolute atomic E-state index is 13.4. The van der Waals surface area contributed by atoms with E-state index in [1.54, 1.807) is 0 Å². The Morgan fingerprint density at radius 1 is 0.943 bits per heavy atom. The van der Waals surface area contributed by atoms with Crippen molar-refractivity contribution in [2.75, 3.05) is 13.1 Å². The molecule has 1 heterocycles. The van der Waals surface area contributed by atoms with E-state index in [1.807, 2.05) is 20.8 Å². The molecule has 0 radical (unpaired) electrons. The van der Waals surface area contributed by atoms with Crippen LogP contribution in [0.25, 0.3) is 0 Å². The van der Waals surface area contributed by atoms with Crippen LogP contribution in [0.5, 0.6) is 0 Å². The van der Waals surface area contributed by atoms with Gasteiger partial charge >= 0.3 is 12.1 Å². The Kier molecular flexibility index (Phi) is 5.88. The molecule has 1 amide bonds. The molecule has 194 valence electrons. The molecule has 0 spiro atoms. The molecular formula is C28H41NO6. The molecule has 35 heavy (non-hydrogen) atoms. The third kappa shape index (κ3) is 4.11. The van der Waals surface area contributed by atoms with Gasteiger partial charge in [0.2, 0.25) is 11.6 Å². The van der Waals surface area contributed by atoms with Crippen LogP contribution in [0.2, 0.25) is 0 Å². The van der Waals surface area contributed by atoms with Gasteiger partial charge in [0.05, 0.1) is 5.92 Å². The van der Waals surface area contributed by atoms with Crippen LogP contribution in [0.1, 0.15) is 86.0 Å². The number of ketones is 2. The van der Waals surface area contributed by atoms with E-state index >= 15 is 0 Å². The predicted octanol–water partition coefficient (Wildman–Crippen LogP) is 4.56. The topological polar surface area (TPSA) is 90.0 Å². The summed E-state index contributed by atoms with van der Waals surface area (Å²) in [6.45, 7) is 10.6. The van der Waals surface area contributed by atoms with Crippen LogP contribution in [-0.2, 0) is 23.9 Å². The van der Waals surface area contributed by atoms with E-state index in [-0.39, 0.29) is 58.1 Å². The number of hydrogen-bond acceptors (Lipinski definition) is 6. The average Bonchev–Trinajstić information content (AvgIpc) is 3.12. The van der Waals surface area contributed by atoms with Crippen LogP contribution in [-0.4, -0.2) is 53.3 Å². The monoisotopic (exact) mass is 487 g/mol. The molecule has 7 atom stereocenters. The number of rotatable bonds is 2. The number of carbonyl (C=O) groups is 4. The molecule has 5 fully saturated rings. The molecule has 5 aliphatic rings. The third-order valence-electron chi connectivity index (χ3n) is 10.2. The lowest BCUT2D eigenvalue weighted by Crippen LogP contribution is -2.61. The largest absolute Gasteiger partial charge is 0.462 e. The van der Waals surface area contributed by atoms with Gasteiger partial charge in [0.15, 0.2) is 0 Å². The minimum absolute atomic E-state index is 0.113. The van der Waals surface area contributed by atoms with E-state index in [4.69, 9.17) is 9.47 Å². The van der Waals surface area contributed by atoms with Crippen LogP contribution in [0, 0.1) is 40.4 Å². The fraction of sp³-hybridized carbons (Fsp3) is 0.857. The number of hydrogen-bond donors (Lipinski definition) is 0. The summed E-state index contributed by atoms with van der Waals surface area (Å²) in [4.78, 5) is 53.3. The summed E-state index contributed by atoms with van der Waals surface area (Å²) < 4.78 is 11.2. The summed E-state index contributed by atoms with van der Waals surface area (Å²) in [5.41, 5.74) is -0.551. The van der Waals surface area contributed by atoms with Crippen molar-refractivity contribution in [2.24, 2.45) is 40.4 Å². The molecule has 1 unspecified atom stereocenters. The molecule has 1 saturated heterocycles. The van der Waals surface area contributed by atoms with Crippen LogP contribution in [0.3, 0.4) is 0 Å². The maximum Gasteiger partial charge on any atom is 0.410 e. The predicted molar refractivity (Wildman–Crippen MR) is 128 cm³/mol. The molecular weight excluding hydrogens is 446 g/mol. The highest BCUT2D eigenvalue weighted by molar-refractivity contribution is 6.39. The lowest BCUT2D eigenvalue weighted by molar-refractivity contribution is -0.177. The molecule has 5 rings (SSSR count). The molecule has 4 saturated carbocycles. The average molecular weight is 488 g/mol. The number of esters is 1. The zero-order valence-corrected chi connectivity index (χ0v) is 21.9. The number of nitrogens with zero attached hydrogens (tertiary/aromatic N) is 1. The van der Waals surface area contributed by atoms with Crippen molar-refractivity contribution in [2.45, 2.75) is 97.7 Å². The summed E-state index contributed by atoms with van der Waals surface area (Å²) in [5, 5.41) is 0. The third-order valence-corrected chi connectivity index (χ3v) is 10.2. The highest BCUT2D eigenvalue weighted by Crippen LogP contribution is 2.64. The zero-order chi connectivity index (χ0) is 25.3. The van der Waals surface area contributed by atoms with Gasteiger partial charge in [-0.1, -0.05) is 20.3 Å². The van der Waals surface area contributed by atoms with Gasteiger partial charge in [-0.3, -0.25) is 14.4 Å². The number of likely N-dealkylation sites (tertiary alicyclic amines) is 1. The summed E-state index contributed by atoms with van der Waals surface area (Å²) in [6, 6.07) is 0. The second kappa shape index (κ2) is 8.31. The van der Waals surface area contributed by atoms with Crippen molar-refractivity contribution >= 4 is 23.6 Å². The Hall–Kier alpha value is -1.92. The fourth-order valence-corrected chi connectivity index (χ4v) is 8.19. The van der Waals surface area contributed by atoms with Crippen LogP contribution in [0.15, 0.2) is 0 Å². The Balaban J connectivity index is 1.21. The van der Waals surface area contributed by atoms with Gasteiger partial charge in [-0.25, -0.2) is 4.79 Å². The van der Waals surface area contributed by atoms with Gasteiger partial charge in [0.25, 0.3) is 0 Å². The van der Waals surface area contributed by atoms with E-state index in [0.29, 0.717) is 25.4 Å². The first-order valence-electron chi connectivity index (χ1n) is 13.6. The zero-order valence-electron chi connectivity index (χ0n) is 21.9. The molecule has 4 aliphatic carbocycles. The number of carbonyl (C=O) groups excluding carboxylic acids is 4. The van der Waals surface area contributed by atoms with E-state index in [1.165, 1.54) is 11.3 Å². The Morgan fingerprint density at radius 3 is 2.34 bits per heavy atom. The fourth-order valence-electron chi connectivity index (χ4n) is 8.19. The van der Waals surface area contributed by atoms with Gasteiger partial charge < -0.3 is 14.4 Å². The van der Waals surface area contributed by atoms with E-state index in [2.05, 4.69) is 13.8 Å². The Bertz CT molecular complexity index is 932. The van der Waals surface area contributed by atoms with E-state index in [0.717, 1.165) is 38.5 Å². The molecule has 0 N–H and O–H groups in total. The van der Waals surface area contributed by atoms with Gasteiger partial charge in [-0.15, -0.1) is 0 Å². The van der Waals surface area contributed by atoms with Crippen LogP contribution in [0.4, 0.5) is 4.79 Å². The van der Waals surface area contributed by atoms with E-state index < -0.39 is 11.7 Å². The normalized spacial score (nSPS) is 41.4. The summed E-state index contributed by atoms with van der Waals surface area (Å²) >= 11 is 0. The molecule has 7 heteroatoms. The maximum atomic E-state index is 13.4. The molecule has 0 aromatic heterocycles. The van der Waals surface area contributed by atoms with E-state index in [9.17, 15) is 19.2 Å². The first-order chi connectivity index (χ1) is 16.3. The summed E-state index contributed by atoms with van der Waals surface area (Å²) in [5.74, 6) is -0.893. The van der Waals surface area contributed by atoms with Crippen LogP contribution < -0.4 is 0 Å². The van der Waals surface area contributed by atoms with Crippen molar-refractivity contribution < 1.29 is 28.7 Å². The highest BCUT2D eigenvalue weighted by Gasteiger charge is 2.64. The van der Waals surface area contributed by atoms with Gasteiger partial charge in [0, 0.05) is 24.9 Å². The van der Waals surface area contributed by atoms with Crippen molar-refractivity contribution in [3.05, 3.63) is 0 Å². The molecule has 1 aliphatic heterocycles. The smallest absolute Gasteiger partial charge is 0.410 e. The van der Waals surface area contributed by atoms with Crippen molar-refractivity contribution in [3.8, 4) is 0 Å². The summed E-state index contributed by atoms with van der Waals surface area (Å²) in [7, 11) is 0. The van der Waals surface area contributed by atoms with Gasteiger partial charge in [-0.05, 0) is 88.4 Å². The lowest BCUT2D eigenvalue weighted by Gasteiger charge is -2.58. The molecule has 7 nitrogen and oxygen atoms in total. The first kappa shape index (κ1) is 24.8. The minimum atomic E-state index is -0.574. The number of Topliss-reactive ketones (excluding diaryl/α,β-unsaturated/α-hetero) is 2. The van der Waals surface area contributed by atoms with Gasteiger partial charge in [-0.2, -0.15) is 0 Å². The first-order valence-corrected chi connectivity index (χ1v) is 13.6. The Labute approximate surface area is 208 Å². The van der Waals surface area contributed by atoms with Crippen molar-refractivity contribution in [1.82, 2.24) is 4.90 Å². The second-order valence-corrected chi connectivity index (χ2v) is 13.5. The highest BCUT2D eigenvalue weighted by atomic mass is 16.6. The standard InChI is InChI=1S/C28H41NO6/c1-26(2,3)35-25(33)29-14-16(15-29)24(32)34-17-8-12-28(5)19-9-11-27(4)10-6-7-18(27)21(19)23(31)22(30)20(28)13-17/h16-21H,6-15H2,1-5H3/t17-,18-,19-,20?,21-,27-,28+/m0/s1.